The Labute approximate surface area is 115 Å². The second-order valence-corrected chi connectivity index (χ2v) is 5.96. The number of carbonyl (C=O) groups is 1. The number of aryl methyl sites for hydroxylation is 1. The lowest BCUT2D eigenvalue weighted by Crippen LogP contribution is -2.30. The van der Waals surface area contributed by atoms with Crippen molar-refractivity contribution in [2.24, 2.45) is 5.92 Å². The fourth-order valence-electron chi connectivity index (χ4n) is 1.71. The minimum atomic E-state index is -0.0665. The van der Waals surface area contributed by atoms with Crippen molar-refractivity contribution in [2.75, 3.05) is 6.54 Å². The van der Waals surface area contributed by atoms with Gasteiger partial charge in [0.05, 0.1) is 10.9 Å². The van der Waals surface area contributed by atoms with Crippen LogP contribution in [-0.4, -0.2) is 17.8 Å². The van der Waals surface area contributed by atoms with E-state index in [4.69, 9.17) is 11.6 Å². The quantitative estimate of drug-likeness (QED) is 0.846. The summed E-state index contributed by atoms with van der Waals surface area (Å²) in [6.07, 6.45) is 2.39. The summed E-state index contributed by atoms with van der Waals surface area (Å²) < 4.78 is 0.826. The monoisotopic (exact) mass is 315 g/mol. The van der Waals surface area contributed by atoms with Gasteiger partial charge in [0.2, 0.25) is 0 Å². The molecule has 17 heavy (non-hydrogen) atoms. The maximum atomic E-state index is 11.9. The first kappa shape index (κ1) is 12.9. The third-order valence-corrected chi connectivity index (χ3v) is 4.13. The van der Waals surface area contributed by atoms with E-state index in [0.29, 0.717) is 18.0 Å². The maximum Gasteiger partial charge on any atom is 0.252 e. The van der Waals surface area contributed by atoms with Crippen molar-refractivity contribution in [1.29, 1.82) is 0 Å². The highest BCUT2D eigenvalue weighted by Crippen LogP contribution is 2.35. The van der Waals surface area contributed by atoms with E-state index in [2.05, 4.69) is 21.2 Å². The number of amides is 1. The second-order valence-electron chi connectivity index (χ2n) is 4.55. The van der Waals surface area contributed by atoms with E-state index in [0.717, 1.165) is 10.0 Å². The van der Waals surface area contributed by atoms with Crippen LogP contribution in [0.5, 0.6) is 0 Å². The van der Waals surface area contributed by atoms with Crippen LogP contribution in [0.1, 0.15) is 28.8 Å². The zero-order valence-corrected chi connectivity index (χ0v) is 12.0. The molecule has 4 heteroatoms. The van der Waals surface area contributed by atoms with Crippen molar-refractivity contribution in [2.45, 2.75) is 25.1 Å². The highest BCUT2D eigenvalue weighted by molar-refractivity contribution is 9.10. The Kier molecular flexibility index (Phi) is 4.10. The molecule has 0 aromatic heterocycles. The van der Waals surface area contributed by atoms with Gasteiger partial charge in [-0.25, -0.2) is 0 Å². The summed E-state index contributed by atoms with van der Waals surface area (Å²) >= 11 is 9.55. The minimum Gasteiger partial charge on any atom is -0.351 e. The van der Waals surface area contributed by atoms with Crippen LogP contribution in [0.15, 0.2) is 22.7 Å². The number of hydrogen-bond acceptors (Lipinski definition) is 1. The zero-order valence-electron chi connectivity index (χ0n) is 9.67. The average molecular weight is 317 g/mol. The lowest BCUT2D eigenvalue weighted by Gasteiger charge is -2.10. The van der Waals surface area contributed by atoms with Crippen LogP contribution < -0.4 is 5.32 Å². The van der Waals surface area contributed by atoms with Gasteiger partial charge in [0.1, 0.15) is 0 Å². The summed E-state index contributed by atoms with van der Waals surface area (Å²) in [5.41, 5.74) is 1.79. The Hall–Kier alpha value is -0.540. The molecule has 1 saturated carbocycles. The molecule has 1 aliphatic rings. The fourth-order valence-corrected chi connectivity index (χ4v) is 2.72. The molecular weight excluding hydrogens is 302 g/mol. The number of alkyl halides is 1. The van der Waals surface area contributed by atoms with Gasteiger partial charge in [-0.2, -0.15) is 0 Å². The molecule has 1 aromatic carbocycles. The van der Waals surface area contributed by atoms with Crippen molar-refractivity contribution in [3.8, 4) is 0 Å². The Bertz CT molecular complexity index is 431. The topological polar surface area (TPSA) is 29.1 Å². The van der Waals surface area contributed by atoms with Gasteiger partial charge in [0.25, 0.3) is 5.91 Å². The molecule has 0 radical (unpaired) electrons. The summed E-state index contributed by atoms with van der Waals surface area (Å²) in [5, 5.41) is 2.95. The van der Waals surface area contributed by atoms with Crippen molar-refractivity contribution >= 4 is 33.4 Å². The van der Waals surface area contributed by atoms with E-state index in [9.17, 15) is 4.79 Å². The number of benzene rings is 1. The summed E-state index contributed by atoms with van der Waals surface area (Å²) in [6, 6.07) is 5.70. The fraction of sp³-hybridized carbons (Fsp3) is 0.462. The van der Waals surface area contributed by atoms with Gasteiger partial charge in [-0.15, -0.1) is 11.6 Å². The summed E-state index contributed by atoms with van der Waals surface area (Å²) in [4.78, 5) is 11.9. The number of rotatable bonds is 4. The van der Waals surface area contributed by atoms with E-state index in [-0.39, 0.29) is 11.3 Å². The maximum absolute atomic E-state index is 11.9. The molecule has 1 amide bonds. The smallest absolute Gasteiger partial charge is 0.252 e. The third-order valence-electron chi connectivity index (χ3n) is 2.96. The molecule has 1 fully saturated rings. The van der Waals surface area contributed by atoms with Gasteiger partial charge in [0.15, 0.2) is 0 Å². The molecule has 92 valence electrons. The number of nitrogens with one attached hydrogen (secondary N) is 1. The van der Waals surface area contributed by atoms with Gasteiger partial charge >= 0.3 is 0 Å². The van der Waals surface area contributed by atoms with E-state index in [1.165, 1.54) is 12.8 Å². The Morgan fingerprint density at radius 2 is 2.29 bits per heavy atom. The molecule has 1 aliphatic carbocycles. The van der Waals surface area contributed by atoms with Crippen molar-refractivity contribution in [3.63, 3.8) is 0 Å². The van der Waals surface area contributed by atoms with E-state index >= 15 is 0 Å². The standard InChI is InChI=1S/C13H15BrClNO/c1-8-2-5-10(11(14)6-8)13(17)16-7-12(15)9-3-4-9/h2,5-6,9,12H,3-4,7H2,1H3,(H,16,17). The third kappa shape index (κ3) is 3.46. The predicted molar refractivity (Wildman–Crippen MR) is 73.6 cm³/mol. The van der Waals surface area contributed by atoms with Gasteiger partial charge in [0, 0.05) is 11.0 Å². The van der Waals surface area contributed by atoms with Crippen LogP contribution in [-0.2, 0) is 0 Å². The Balaban J connectivity index is 1.94. The molecule has 0 spiro atoms. The van der Waals surface area contributed by atoms with Gasteiger partial charge < -0.3 is 5.32 Å². The van der Waals surface area contributed by atoms with Crippen LogP contribution in [0.4, 0.5) is 0 Å². The van der Waals surface area contributed by atoms with Gasteiger partial charge in [-0.1, -0.05) is 6.07 Å². The summed E-state index contributed by atoms with van der Waals surface area (Å²) in [5.74, 6) is 0.529. The average Bonchev–Trinajstić information content (AvgIpc) is 3.09. The predicted octanol–water partition coefficient (Wildman–Crippen LogP) is 3.50. The molecule has 1 atom stereocenters. The van der Waals surface area contributed by atoms with Gasteiger partial charge in [-0.05, 0) is 59.3 Å². The first-order valence-corrected chi connectivity index (χ1v) is 6.99. The molecule has 2 nitrogen and oxygen atoms in total. The van der Waals surface area contributed by atoms with E-state index in [1.54, 1.807) is 0 Å². The van der Waals surface area contributed by atoms with E-state index < -0.39 is 0 Å². The Morgan fingerprint density at radius 3 is 2.88 bits per heavy atom. The van der Waals surface area contributed by atoms with E-state index in [1.807, 2.05) is 25.1 Å². The largest absolute Gasteiger partial charge is 0.351 e. The van der Waals surface area contributed by atoms with Crippen LogP contribution in [0.3, 0.4) is 0 Å². The first-order chi connectivity index (χ1) is 8.08. The van der Waals surface area contributed by atoms with Crippen LogP contribution >= 0.6 is 27.5 Å². The van der Waals surface area contributed by atoms with Crippen LogP contribution in [0, 0.1) is 12.8 Å². The lowest BCUT2D eigenvalue weighted by molar-refractivity contribution is 0.0952. The highest BCUT2D eigenvalue weighted by atomic mass is 79.9. The first-order valence-electron chi connectivity index (χ1n) is 5.76. The molecule has 2 rings (SSSR count). The SMILES string of the molecule is Cc1ccc(C(=O)NCC(Cl)C2CC2)c(Br)c1. The lowest BCUT2D eigenvalue weighted by atomic mass is 10.1. The minimum absolute atomic E-state index is 0.0665. The summed E-state index contributed by atoms with van der Waals surface area (Å²) in [6.45, 7) is 2.54. The van der Waals surface area contributed by atoms with Crippen molar-refractivity contribution in [1.82, 2.24) is 5.32 Å². The number of carbonyl (C=O) groups excluding carboxylic acids is 1. The summed E-state index contributed by atoms with van der Waals surface area (Å²) in [7, 11) is 0. The van der Waals surface area contributed by atoms with Crippen LogP contribution in [0.2, 0.25) is 0 Å². The molecule has 0 saturated heterocycles. The van der Waals surface area contributed by atoms with Gasteiger partial charge in [-0.3, -0.25) is 4.79 Å². The molecule has 0 bridgehead atoms. The molecule has 1 aromatic rings. The zero-order chi connectivity index (χ0) is 12.4. The normalized spacial score (nSPS) is 16.6. The molecule has 1 unspecified atom stereocenters. The molecule has 0 aliphatic heterocycles. The number of hydrogen-bond donors (Lipinski definition) is 1. The number of halogens is 2. The highest BCUT2D eigenvalue weighted by Gasteiger charge is 2.29. The van der Waals surface area contributed by atoms with Crippen molar-refractivity contribution in [3.05, 3.63) is 33.8 Å². The van der Waals surface area contributed by atoms with Crippen molar-refractivity contribution < 1.29 is 4.79 Å². The molecular formula is C13H15BrClNO. The molecule has 1 N–H and O–H groups in total. The Morgan fingerprint density at radius 1 is 1.59 bits per heavy atom. The second kappa shape index (κ2) is 5.40. The molecule has 0 heterocycles. The van der Waals surface area contributed by atoms with Crippen LogP contribution in [0.25, 0.3) is 0 Å².